The Balaban J connectivity index is 2.92. The van der Waals surface area contributed by atoms with Crippen LogP contribution in [-0.2, 0) is 9.53 Å². The first kappa shape index (κ1) is 18.1. The summed E-state index contributed by atoms with van der Waals surface area (Å²) in [6.45, 7) is 4.60. The number of carbonyl (C=O) groups is 2. The molecule has 1 aliphatic rings. The molecule has 0 aromatic rings. The van der Waals surface area contributed by atoms with Gasteiger partial charge in [-0.3, -0.25) is 4.90 Å². The molecule has 21 heavy (non-hydrogen) atoms. The molecule has 0 bridgehead atoms. The number of methoxy groups -OCH3 is 1. The van der Waals surface area contributed by atoms with Gasteiger partial charge in [0.1, 0.15) is 6.04 Å². The van der Waals surface area contributed by atoms with Crippen LogP contribution in [0, 0.1) is 5.92 Å². The van der Waals surface area contributed by atoms with Gasteiger partial charge in [0.05, 0.1) is 18.6 Å². The number of carboxylic acid groups (broad SMARTS) is 1. The predicted molar refractivity (Wildman–Crippen MR) is 80.3 cm³/mol. The van der Waals surface area contributed by atoms with Gasteiger partial charge in [-0.05, 0) is 5.92 Å². The van der Waals surface area contributed by atoms with E-state index in [2.05, 4.69) is 0 Å². The van der Waals surface area contributed by atoms with Crippen LogP contribution in [0.2, 0.25) is 0 Å². The Morgan fingerprint density at radius 1 is 1.43 bits per heavy atom. The number of aliphatic hydroxyl groups is 1. The van der Waals surface area contributed by atoms with Gasteiger partial charge in [0.2, 0.25) is 0 Å². The summed E-state index contributed by atoms with van der Waals surface area (Å²) in [6, 6.07) is -1.17. The van der Waals surface area contributed by atoms with Crippen LogP contribution >= 0.6 is 11.8 Å². The monoisotopic (exact) mass is 320 g/mol. The topological polar surface area (TPSA) is 90.3 Å². The summed E-state index contributed by atoms with van der Waals surface area (Å²) >= 11 is 1.49. The number of hydrogen-bond acceptors (Lipinski definition) is 5. The highest BCUT2D eigenvalue weighted by Crippen LogP contribution is 2.34. The lowest BCUT2D eigenvalue weighted by atomic mass is 10.1. The quantitative estimate of drug-likeness (QED) is 0.711. The molecule has 2 atom stereocenters. The molecule has 0 aromatic heterocycles. The molecule has 8 heteroatoms. The van der Waals surface area contributed by atoms with Crippen LogP contribution in [0.4, 0.5) is 4.79 Å². The maximum atomic E-state index is 12.7. The first-order chi connectivity index (χ1) is 9.93. The van der Waals surface area contributed by atoms with Gasteiger partial charge >= 0.3 is 12.0 Å². The Hall–Kier alpha value is -0.990. The molecular weight excluding hydrogens is 296 g/mol. The number of carbonyl (C=O) groups excluding carboxylic acids is 1. The molecule has 0 aliphatic carbocycles. The van der Waals surface area contributed by atoms with Crippen LogP contribution in [0.3, 0.4) is 0 Å². The van der Waals surface area contributed by atoms with E-state index in [1.807, 2.05) is 13.8 Å². The summed E-state index contributed by atoms with van der Waals surface area (Å²) in [6.07, 6.45) is 0. The van der Waals surface area contributed by atoms with Crippen molar-refractivity contribution in [2.24, 2.45) is 5.92 Å². The SMILES string of the molecule is COCCN(CCO)C(=O)N1C(C(=O)O)CSC1C(C)C. The van der Waals surface area contributed by atoms with E-state index in [9.17, 15) is 14.7 Å². The molecule has 0 aromatic carbocycles. The number of amides is 2. The number of nitrogens with zero attached hydrogens (tertiary/aromatic N) is 2. The molecule has 2 N–H and O–H groups in total. The highest BCUT2D eigenvalue weighted by atomic mass is 32.2. The van der Waals surface area contributed by atoms with Crippen LogP contribution in [0.1, 0.15) is 13.8 Å². The van der Waals surface area contributed by atoms with E-state index in [1.54, 1.807) is 0 Å². The third-order valence-electron chi connectivity index (χ3n) is 3.32. The van der Waals surface area contributed by atoms with E-state index < -0.39 is 12.0 Å². The van der Waals surface area contributed by atoms with Gasteiger partial charge in [-0.25, -0.2) is 9.59 Å². The molecule has 1 rings (SSSR count). The third kappa shape index (κ3) is 4.49. The smallest absolute Gasteiger partial charge is 0.327 e. The minimum absolute atomic E-state index is 0.154. The molecule has 0 radical (unpaired) electrons. The average Bonchev–Trinajstić information content (AvgIpc) is 2.87. The summed E-state index contributed by atoms with van der Waals surface area (Å²) in [5.74, 6) is -0.447. The van der Waals surface area contributed by atoms with Crippen LogP contribution in [0.15, 0.2) is 0 Å². The Kier molecular flexibility index (Phi) is 7.27. The lowest BCUT2D eigenvalue weighted by molar-refractivity contribution is -0.141. The molecule has 122 valence electrons. The van der Waals surface area contributed by atoms with Gasteiger partial charge in [0.15, 0.2) is 0 Å². The minimum Gasteiger partial charge on any atom is -0.480 e. The van der Waals surface area contributed by atoms with Gasteiger partial charge in [-0.15, -0.1) is 11.8 Å². The molecule has 1 saturated heterocycles. The number of hydrogen-bond donors (Lipinski definition) is 2. The van der Waals surface area contributed by atoms with Crippen LogP contribution in [-0.4, -0.2) is 82.6 Å². The highest BCUT2D eigenvalue weighted by Gasteiger charge is 2.44. The molecule has 0 spiro atoms. The van der Waals surface area contributed by atoms with Crippen molar-refractivity contribution in [3.63, 3.8) is 0 Å². The van der Waals surface area contributed by atoms with Crippen LogP contribution in [0.5, 0.6) is 0 Å². The summed E-state index contributed by atoms with van der Waals surface area (Å²) in [4.78, 5) is 26.9. The minimum atomic E-state index is -0.991. The van der Waals surface area contributed by atoms with Crippen LogP contribution < -0.4 is 0 Å². The fourth-order valence-corrected chi connectivity index (χ4v) is 3.73. The lowest BCUT2D eigenvalue weighted by Crippen LogP contribution is -2.53. The molecule has 0 saturated carbocycles. The maximum Gasteiger partial charge on any atom is 0.327 e. The molecule has 7 nitrogen and oxygen atoms in total. The molecule has 1 aliphatic heterocycles. The summed E-state index contributed by atoms with van der Waals surface area (Å²) in [5, 5.41) is 18.3. The number of rotatable bonds is 7. The lowest BCUT2D eigenvalue weighted by Gasteiger charge is -2.34. The predicted octanol–water partition coefficient (Wildman–Crippen LogP) is 0.531. The van der Waals surface area contributed by atoms with Gasteiger partial charge in [-0.2, -0.15) is 0 Å². The van der Waals surface area contributed by atoms with Crippen molar-refractivity contribution in [1.29, 1.82) is 0 Å². The Morgan fingerprint density at radius 3 is 2.57 bits per heavy atom. The molecule has 2 unspecified atom stereocenters. The van der Waals surface area contributed by atoms with Crippen molar-refractivity contribution in [2.75, 3.05) is 39.2 Å². The second-order valence-electron chi connectivity index (χ2n) is 5.22. The van der Waals surface area contributed by atoms with Gasteiger partial charge in [-0.1, -0.05) is 13.8 Å². The van der Waals surface area contributed by atoms with E-state index in [0.29, 0.717) is 18.9 Å². The Bertz CT molecular complexity index is 366. The van der Waals surface area contributed by atoms with Crippen molar-refractivity contribution >= 4 is 23.8 Å². The van der Waals surface area contributed by atoms with Crippen molar-refractivity contribution in [3.05, 3.63) is 0 Å². The summed E-state index contributed by atoms with van der Waals surface area (Å²) in [7, 11) is 1.53. The molecule has 2 amide bonds. The summed E-state index contributed by atoms with van der Waals surface area (Å²) < 4.78 is 4.96. The number of ether oxygens (including phenoxy) is 1. The number of aliphatic hydroxyl groups excluding tert-OH is 1. The number of aliphatic carboxylic acids is 1. The van der Waals surface area contributed by atoms with Gasteiger partial charge in [0.25, 0.3) is 0 Å². The van der Waals surface area contributed by atoms with E-state index >= 15 is 0 Å². The fraction of sp³-hybridized carbons (Fsp3) is 0.846. The van der Waals surface area contributed by atoms with E-state index in [0.717, 1.165) is 0 Å². The van der Waals surface area contributed by atoms with Crippen molar-refractivity contribution in [2.45, 2.75) is 25.3 Å². The number of carboxylic acids is 1. The highest BCUT2D eigenvalue weighted by molar-refractivity contribution is 8.00. The van der Waals surface area contributed by atoms with Crippen molar-refractivity contribution in [1.82, 2.24) is 9.80 Å². The maximum absolute atomic E-state index is 12.7. The first-order valence-electron chi connectivity index (χ1n) is 6.95. The number of thioether (sulfide) groups is 1. The van der Waals surface area contributed by atoms with Crippen molar-refractivity contribution < 1.29 is 24.5 Å². The van der Waals surface area contributed by atoms with Crippen LogP contribution in [0.25, 0.3) is 0 Å². The van der Waals surface area contributed by atoms with E-state index in [1.165, 1.54) is 28.7 Å². The molecular formula is C13H24N2O5S. The third-order valence-corrected chi connectivity index (χ3v) is 4.94. The van der Waals surface area contributed by atoms with E-state index in [4.69, 9.17) is 9.84 Å². The normalized spacial score (nSPS) is 21.9. The van der Waals surface area contributed by atoms with Crippen molar-refractivity contribution in [3.8, 4) is 0 Å². The standard InChI is InChI=1S/C13H24N2O5S/c1-9(2)11-15(10(8-21-11)12(17)18)13(19)14(4-6-16)5-7-20-3/h9-11,16H,4-8H2,1-3H3,(H,17,18). The molecule has 1 fully saturated rings. The van der Waals surface area contributed by atoms with Gasteiger partial charge in [0, 0.05) is 26.0 Å². The van der Waals surface area contributed by atoms with E-state index in [-0.39, 0.29) is 30.5 Å². The largest absolute Gasteiger partial charge is 0.480 e. The second-order valence-corrected chi connectivity index (χ2v) is 6.36. The van der Waals surface area contributed by atoms with Gasteiger partial charge < -0.3 is 19.8 Å². The Morgan fingerprint density at radius 2 is 2.10 bits per heavy atom. The Labute approximate surface area is 129 Å². The summed E-state index contributed by atoms with van der Waals surface area (Å²) in [5.41, 5.74) is 0. The average molecular weight is 320 g/mol. The second kappa shape index (κ2) is 8.45. The first-order valence-corrected chi connectivity index (χ1v) is 8.00. The zero-order valence-corrected chi connectivity index (χ0v) is 13.5. The fourth-order valence-electron chi connectivity index (χ4n) is 2.26. The molecule has 1 heterocycles. The zero-order valence-electron chi connectivity index (χ0n) is 12.7. The number of urea groups is 1. The zero-order chi connectivity index (χ0) is 16.0.